The van der Waals surface area contributed by atoms with E-state index in [1.807, 2.05) is 103 Å². The lowest BCUT2D eigenvalue weighted by atomic mass is 9.94. The first-order chi connectivity index (χ1) is 38.6. The summed E-state index contributed by atoms with van der Waals surface area (Å²) in [5.41, 5.74) is 16.1. The van der Waals surface area contributed by atoms with Crippen molar-refractivity contribution in [3.05, 3.63) is 254 Å². The van der Waals surface area contributed by atoms with Gasteiger partial charge in [-0.05, 0) is 95.6 Å². The van der Waals surface area contributed by atoms with Crippen LogP contribution in [0.2, 0.25) is 0 Å². The SMILES string of the molecule is [C-]#[N+]c1ccccc1-c1cc(-c2cc(-c3nc(-c4ccccc4)nc(-c4ccccc4)n3)ccc2-n2c3ccccc3c3c4oc5ccccc5c4ccc32)ccc1-n1c2ccccc2c2c3oc4ccccc4c3ccc21. The standard InChI is InChI=1S/C70H40N6O2/c1-71-55-27-13-8-22-46(55)54-40-44(32-36-59(54)76-57-29-15-10-26-52(57)65-61(76)39-35-50-48-24-12-17-31-63(48)78-67(50)65)53-41-45(70-73-68(42-18-4-2-5-19-42)72-69(74-70)43-20-6-3-7-21-43)33-37-58(53)75-56-28-14-9-25-51(56)64-60(75)38-34-49-47-23-11-16-30-62(47)77-66(49)64/h2-41H. The maximum absolute atomic E-state index is 8.54. The second-order valence-electron chi connectivity index (χ2n) is 19.7. The third-order valence-corrected chi connectivity index (χ3v) is 15.4. The van der Waals surface area contributed by atoms with Gasteiger partial charge in [0.15, 0.2) is 23.2 Å². The molecular weight excluding hydrogens is 957 g/mol. The molecule has 11 aromatic carbocycles. The Morgan fingerprint density at radius 3 is 1.31 bits per heavy atom. The van der Waals surface area contributed by atoms with E-state index in [1.165, 1.54) is 0 Å². The van der Waals surface area contributed by atoms with Gasteiger partial charge in [-0.2, -0.15) is 0 Å². The average Bonchev–Trinajstić information content (AvgIpc) is 4.46. The number of hydrogen-bond acceptors (Lipinski definition) is 5. The summed E-state index contributed by atoms with van der Waals surface area (Å²) < 4.78 is 18.2. The molecule has 0 aliphatic rings. The van der Waals surface area contributed by atoms with E-state index in [-0.39, 0.29) is 0 Å². The van der Waals surface area contributed by atoms with E-state index >= 15 is 0 Å². The zero-order valence-corrected chi connectivity index (χ0v) is 41.6. The van der Waals surface area contributed by atoms with E-state index in [2.05, 4.69) is 154 Å². The highest BCUT2D eigenvalue weighted by Gasteiger charge is 2.25. The Morgan fingerprint density at radius 1 is 0.321 bits per heavy atom. The van der Waals surface area contributed by atoms with Gasteiger partial charge in [0.05, 0.1) is 50.8 Å². The van der Waals surface area contributed by atoms with Crippen LogP contribution >= 0.6 is 0 Å². The van der Waals surface area contributed by atoms with Crippen molar-refractivity contribution < 1.29 is 8.83 Å². The second-order valence-corrected chi connectivity index (χ2v) is 19.7. The molecule has 5 aromatic heterocycles. The molecule has 0 N–H and O–H groups in total. The summed E-state index contributed by atoms with van der Waals surface area (Å²) in [5, 5.41) is 8.53. The predicted molar refractivity (Wildman–Crippen MR) is 317 cm³/mol. The van der Waals surface area contributed by atoms with Gasteiger partial charge in [0, 0.05) is 54.6 Å². The van der Waals surface area contributed by atoms with Crippen LogP contribution in [0.3, 0.4) is 0 Å². The average molecular weight is 997 g/mol. The maximum Gasteiger partial charge on any atom is 0.194 e. The molecule has 0 radical (unpaired) electrons. The van der Waals surface area contributed by atoms with Crippen molar-refractivity contribution in [3.63, 3.8) is 0 Å². The summed E-state index contributed by atoms with van der Waals surface area (Å²) in [6.45, 7) is 8.54. The second kappa shape index (κ2) is 17.1. The normalized spacial score (nSPS) is 11.8. The number of benzene rings is 11. The smallest absolute Gasteiger partial charge is 0.194 e. The van der Waals surface area contributed by atoms with Crippen molar-refractivity contribution in [2.24, 2.45) is 0 Å². The maximum atomic E-state index is 8.54. The van der Waals surface area contributed by atoms with Crippen molar-refractivity contribution in [2.45, 2.75) is 0 Å². The number of aromatic nitrogens is 5. The van der Waals surface area contributed by atoms with Crippen molar-refractivity contribution in [3.8, 4) is 67.8 Å². The Labute approximate surface area is 445 Å². The number of hydrogen-bond donors (Lipinski definition) is 0. The highest BCUT2D eigenvalue weighted by molar-refractivity contribution is 6.25. The van der Waals surface area contributed by atoms with Crippen LogP contribution in [0.4, 0.5) is 5.69 Å². The van der Waals surface area contributed by atoms with Crippen LogP contribution in [0.5, 0.6) is 0 Å². The highest BCUT2D eigenvalue weighted by Crippen LogP contribution is 2.47. The summed E-state index contributed by atoms with van der Waals surface area (Å²) in [6.07, 6.45) is 0. The van der Waals surface area contributed by atoms with Crippen molar-refractivity contribution in [1.82, 2.24) is 24.1 Å². The molecule has 16 rings (SSSR count). The van der Waals surface area contributed by atoms with Crippen LogP contribution in [-0.2, 0) is 0 Å². The highest BCUT2D eigenvalue weighted by atomic mass is 16.3. The number of para-hydroxylation sites is 5. The fourth-order valence-corrected chi connectivity index (χ4v) is 11.9. The molecular formula is C70H40N6O2. The molecule has 0 bridgehead atoms. The van der Waals surface area contributed by atoms with Crippen LogP contribution in [0.1, 0.15) is 0 Å². The fraction of sp³-hybridized carbons (Fsp3) is 0. The van der Waals surface area contributed by atoms with Gasteiger partial charge in [-0.1, -0.05) is 164 Å². The van der Waals surface area contributed by atoms with Gasteiger partial charge in [0.25, 0.3) is 0 Å². The molecule has 16 aromatic rings. The largest absolute Gasteiger partial charge is 0.455 e. The Bertz CT molecular complexity index is 5120. The Balaban J connectivity index is 0.997. The molecule has 0 fully saturated rings. The first-order valence-corrected chi connectivity index (χ1v) is 26.0. The summed E-state index contributed by atoms with van der Waals surface area (Å²) in [4.78, 5) is 19.6. The number of furan rings is 2. The molecule has 0 saturated heterocycles. The lowest BCUT2D eigenvalue weighted by Crippen LogP contribution is -2.02. The van der Waals surface area contributed by atoms with Gasteiger partial charge in [0.1, 0.15) is 22.3 Å². The van der Waals surface area contributed by atoms with Crippen molar-refractivity contribution in [1.29, 1.82) is 0 Å². The molecule has 362 valence electrons. The number of fused-ring (bicyclic) bond motifs is 14. The molecule has 0 unspecified atom stereocenters. The van der Waals surface area contributed by atoms with Crippen molar-refractivity contribution >= 4 is 93.2 Å². The van der Waals surface area contributed by atoms with E-state index in [0.717, 1.165) is 138 Å². The topological polar surface area (TPSA) is 79.2 Å². The first-order valence-electron chi connectivity index (χ1n) is 26.0. The van der Waals surface area contributed by atoms with E-state index in [1.54, 1.807) is 0 Å². The van der Waals surface area contributed by atoms with Gasteiger partial charge in [-0.15, -0.1) is 0 Å². The third kappa shape index (κ3) is 6.55. The molecule has 8 heteroatoms. The fourth-order valence-electron chi connectivity index (χ4n) is 11.9. The minimum atomic E-state index is 0.541. The van der Waals surface area contributed by atoms with Crippen LogP contribution in [0.25, 0.3) is 160 Å². The predicted octanol–water partition coefficient (Wildman–Crippen LogP) is 18.8. The molecule has 8 nitrogen and oxygen atoms in total. The first kappa shape index (κ1) is 43.5. The molecule has 0 amide bonds. The van der Waals surface area contributed by atoms with Crippen LogP contribution < -0.4 is 0 Å². The van der Waals surface area contributed by atoms with Gasteiger partial charge < -0.3 is 18.0 Å². The van der Waals surface area contributed by atoms with Gasteiger partial charge in [0.2, 0.25) is 0 Å². The number of rotatable bonds is 7. The van der Waals surface area contributed by atoms with Gasteiger partial charge >= 0.3 is 0 Å². The van der Waals surface area contributed by atoms with Crippen LogP contribution in [0, 0.1) is 6.57 Å². The molecule has 0 saturated carbocycles. The van der Waals surface area contributed by atoms with Crippen LogP contribution in [0.15, 0.2) is 251 Å². The molecule has 0 aliphatic carbocycles. The van der Waals surface area contributed by atoms with Crippen LogP contribution in [-0.4, -0.2) is 24.1 Å². The molecule has 78 heavy (non-hydrogen) atoms. The Morgan fingerprint density at radius 2 is 0.756 bits per heavy atom. The molecule has 0 aliphatic heterocycles. The summed E-state index contributed by atoms with van der Waals surface area (Å²) in [5.74, 6) is 1.70. The molecule has 0 atom stereocenters. The quantitative estimate of drug-likeness (QED) is 0.149. The van der Waals surface area contributed by atoms with Crippen molar-refractivity contribution in [2.75, 3.05) is 0 Å². The van der Waals surface area contributed by atoms with E-state index in [0.29, 0.717) is 23.2 Å². The zero-order valence-electron chi connectivity index (χ0n) is 41.6. The monoisotopic (exact) mass is 996 g/mol. The van der Waals surface area contributed by atoms with E-state index in [9.17, 15) is 0 Å². The Hall–Kier alpha value is -10.9. The number of nitrogens with zero attached hydrogens (tertiary/aromatic N) is 6. The third-order valence-electron chi connectivity index (χ3n) is 15.4. The van der Waals surface area contributed by atoms with Gasteiger partial charge in [-0.25, -0.2) is 19.8 Å². The summed E-state index contributed by atoms with van der Waals surface area (Å²) in [7, 11) is 0. The summed E-state index contributed by atoms with van der Waals surface area (Å²) >= 11 is 0. The van der Waals surface area contributed by atoms with E-state index < -0.39 is 0 Å². The van der Waals surface area contributed by atoms with E-state index in [4.69, 9.17) is 30.4 Å². The lowest BCUT2D eigenvalue weighted by Gasteiger charge is -2.20. The minimum absolute atomic E-state index is 0.541. The zero-order chi connectivity index (χ0) is 51.4. The van der Waals surface area contributed by atoms with Gasteiger partial charge in [-0.3, -0.25) is 0 Å². The minimum Gasteiger partial charge on any atom is -0.455 e. The molecule has 5 heterocycles. The summed E-state index contributed by atoms with van der Waals surface area (Å²) in [6, 6.07) is 83.7. The lowest BCUT2D eigenvalue weighted by molar-refractivity contribution is 0.672. The Kier molecular flexibility index (Phi) is 9.53. The molecule has 0 spiro atoms.